The lowest BCUT2D eigenvalue weighted by Gasteiger charge is -2.09. The molecule has 2 heterocycles. The first-order valence-electron chi connectivity index (χ1n) is 14.2. The Hall–Kier alpha value is -5.47. The molecule has 0 aliphatic heterocycles. The summed E-state index contributed by atoms with van der Waals surface area (Å²) in [5.41, 5.74) is 7.15. The third kappa shape index (κ3) is 7.48. The topological polar surface area (TPSA) is 91.4 Å². The van der Waals surface area contributed by atoms with Gasteiger partial charge in [0.05, 0.1) is 24.3 Å². The smallest absolute Gasteiger partial charge is 0.170 e. The normalized spacial score (nSPS) is 10.5. The summed E-state index contributed by atoms with van der Waals surface area (Å²) in [4.78, 5) is 19.1. The Labute approximate surface area is 256 Å². The number of carbonyl (C=O) groups excluding carboxylic acids is 1. The van der Waals surface area contributed by atoms with Crippen LogP contribution in [0.15, 0.2) is 122 Å². The number of aromatic nitrogens is 4. The third-order valence-corrected chi connectivity index (χ3v) is 7.14. The van der Waals surface area contributed by atoms with Gasteiger partial charge in [0.2, 0.25) is 0 Å². The number of carbonyl (C=O) groups is 1. The number of hydrogen-bond acceptors (Lipinski definition) is 6. The minimum atomic E-state index is -0.0445. The molecular weight excluding hydrogens is 552 g/mol. The van der Waals surface area contributed by atoms with Crippen molar-refractivity contribution in [3.63, 3.8) is 0 Å². The molecule has 6 rings (SSSR count). The summed E-state index contributed by atoms with van der Waals surface area (Å²) >= 11 is 0. The number of benzene rings is 4. The van der Waals surface area contributed by atoms with Crippen molar-refractivity contribution in [2.45, 2.75) is 33.7 Å². The number of rotatable bonds is 10. The molecule has 0 radical (unpaired) electrons. The van der Waals surface area contributed by atoms with Crippen molar-refractivity contribution in [2.24, 2.45) is 0 Å². The molecule has 0 aliphatic carbocycles. The predicted molar refractivity (Wildman–Crippen MR) is 169 cm³/mol. The molecule has 0 bridgehead atoms. The zero-order valence-electron chi connectivity index (χ0n) is 24.7. The number of aldehydes is 1. The molecule has 4 aromatic carbocycles. The van der Waals surface area contributed by atoms with Crippen molar-refractivity contribution >= 4 is 6.29 Å². The van der Waals surface area contributed by atoms with Gasteiger partial charge < -0.3 is 23.7 Å². The molecule has 2 aromatic heterocycles. The van der Waals surface area contributed by atoms with Crippen molar-refractivity contribution in [1.82, 2.24) is 19.1 Å². The molecule has 0 atom stereocenters. The lowest BCUT2D eigenvalue weighted by atomic mass is 10.2. The van der Waals surface area contributed by atoms with Crippen molar-refractivity contribution in [2.75, 3.05) is 0 Å². The fourth-order valence-electron chi connectivity index (χ4n) is 4.55. The second-order valence-corrected chi connectivity index (χ2v) is 10.0. The number of ether oxygens (including phenoxy) is 2. The Morgan fingerprint density at radius 3 is 1.50 bits per heavy atom. The zero-order valence-corrected chi connectivity index (χ0v) is 24.7. The van der Waals surface area contributed by atoms with Crippen LogP contribution in [0, 0.1) is 13.8 Å². The first kappa shape index (κ1) is 30.0. The highest BCUT2D eigenvalue weighted by atomic mass is 16.5. The first-order chi connectivity index (χ1) is 21.6. The molecule has 8 heteroatoms. The Morgan fingerprint density at radius 2 is 1.09 bits per heavy atom. The summed E-state index contributed by atoms with van der Waals surface area (Å²) in [6.07, 6.45) is 4.14. The summed E-state index contributed by atoms with van der Waals surface area (Å²) in [7, 11) is 0. The van der Waals surface area contributed by atoms with Gasteiger partial charge in [0.15, 0.2) is 6.29 Å². The highest BCUT2D eigenvalue weighted by Gasteiger charge is 2.08. The van der Waals surface area contributed by atoms with Gasteiger partial charge in [0.1, 0.15) is 36.7 Å². The minimum Gasteiger partial charge on any atom is -0.489 e. The highest BCUT2D eigenvalue weighted by molar-refractivity contribution is 5.73. The van der Waals surface area contributed by atoms with E-state index in [9.17, 15) is 9.90 Å². The average Bonchev–Trinajstić information content (AvgIpc) is 3.65. The van der Waals surface area contributed by atoms with Crippen LogP contribution in [0.2, 0.25) is 0 Å². The molecule has 0 spiro atoms. The maximum atomic E-state index is 10.9. The van der Waals surface area contributed by atoms with Gasteiger partial charge in [0, 0.05) is 17.1 Å². The van der Waals surface area contributed by atoms with Gasteiger partial charge in [0.25, 0.3) is 0 Å². The van der Waals surface area contributed by atoms with Crippen molar-refractivity contribution in [3.05, 3.63) is 156 Å². The number of imidazole rings is 2. The number of aliphatic hydroxyl groups excluding tert-OH is 1. The van der Waals surface area contributed by atoms with Crippen LogP contribution >= 0.6 is 0 Å². The Kier molecular flexibility index (Phi) is 9.97. The van der Waals surface area contributed by atoms with E-state index in [0.29, 0.717) is 24.6 Å². The second-order valence-electron chi connectivity index (χ2n) is 10.0. The Morgan fingerprint density at radius 1 is 0.636 bits per heavy atom. The van der Waals surface area contributed by atoms with Crippen LogP contribution < -0.4 is 9.47 Å². The number of hydrogen-bond donors (Lipinski definition) is 1. The standard InChI is InChI=1S/C18H18N2O2.C18H16N2O2/c2*1-14-18(11-21)19-13-20(14)16-7-9-17(10-8-16)22-12-15-5-3-2-4-6-15/h2-10,13,21H,11-12H2,1H3;2-11,13H,12H2,1H3. The summed E-state index contributed by atoms with van der Waals surface area (Å²) in [6.45, 7) is 4.87. The zero-order chi connectivity index (χ0) is 30.7. The quantitative estimate of drug-likeness (QED) is 0.177. The van der Waals surface area contributed by atoms with Crippen LogP contribution in [-0.2, 0) is 19.8 Å². The van der Waals surface area contributed by atoms with E-state index in [1.807, 2.05) is 132 Å². The molecule has 1 N–H and O–H groups in total. The molecule has 44 heavy (non-hydrogen) atoms. The summed E-state index contributed by atoms with van der Waals surface area (Å²) in [5.74, 6) is 1.63. The Bertz CT molecular complexity index is 1760. The molecule has 0 saturated heterocycles. The SMILES string of the molecule is Cc1c(C=O)ncn1-c1ccc(OCc2ccccc2)cc1.Cc1c(CO)ncn1-c1ccc(OCc2ccccc2)cc1. The Balaban J connectivity index is 0.000000175. The summed E-state index contributed by atoms with van der Waals surface area (Å²) < 4.78 is 15.4. The fraction of sp³-hybridized carbons (Fsp3) is 0.139. The van der Waals surface area contributed by atoms with E-state index < -0.39 is 0 Å². The molecular formula is C36H34N4O4. The van der Waals surface area contributed by atoms with Gasteiger partial charge in [-0.05, 0) is 73.5 Å². The van der Waals surface area contributed by atoms with E-state index in [1.54, 1.807) is 12.7 Å². The third-order valence-electron chi connectivity index (χ3n) is 7.14. The van der Waals surface area contributed by atoms with Crippen molar-refractivity contribution < 1.29 is 19.4 Å². The maximum absolute atomic E-state index is 10.9. The summed E-state index contributed by atoms with van der Waals surface area (Å²) in [5, 5.41) is 9.21. The van der Waals surface area contributed by atoms with Gasteiger partial charge >= 0.3 is 0 Å². The van der Waals surface area contributed by atoms with E-state index in [0.717, 1.165) is 51.7 Å². The van der Waals surface area contributed by atoms with Gasteiger partial charge in [-0.1, -0.05) is 60.7 Å². The van der Waals surface area contributed by atoms with E-state index in [-0.39, 0.29) is 6.61 Å². The van der Waals surface area contributed by atoms with E-state index in [4.69, 9.17) is 9.47 Å². The summed E-state index contributed by atoms with van der Waals surface area (Å²) in [6, 6.07) is 35.7. The van der Waals surface area contributed by atoms with E-state index in [1.165, 1.54) is 0 Å². The lowest BCUT2D eigenvalue weighted by Crippen LogP contribution is -1.98. The van der Waals surface area contributed by atoms with Crippen LogP contribution in [0.25, 0.3) is 11.4 Å². The molecule has 0 fully saturated rings. The van der Waals surface area contributed by atoms with Crippen LogP contribution in [0.3, 0.4) is 0 Å². The molecule has 0 amide bonds. The molecule has 0 aliphatic rings. The van der Waals surface area contributed by atoms with Crippen LogP contribution in [0.5, 0.6) is 11.5 Å². The monoisotopic (exact) mass is 586 g/mol. The molecule has 8 nitrogen and oxygen atoms in total. The fourth-order valence-corrected chi connectivity index (χ4v) is 4.55. The van der Waals surface area contributed by atoms with Gasteiger partial charge in [-0.15, -0.1) is 0 Å². The minimum absolute atomic E-state index is 0.0445. The van der Waals surface area contributed by atoms with Crippen LogP contribution in [0.4, 0.5) is 0 Å². The van der Waals surface area contributed by atoms with Gasteiger partial charge in [-0.25, -0.2) is 9.97 Å². The molecule has 6 aromatic rings. The van der Waals surface area contributed by atoms with Crippen LogP contribution in [0.1, 0.15) is 38.7 Å². The second kappa shape index (κ2) is 14.6. The average molecular weight is 587 g/mol. The molecule has 0 unspecified atom stereocenters. The lowest BCUT2D eigenvalue weighted by molar-refractivity contribution is 0.111. The first-order valence-corrected chi connectivity index (χ1v) is 14.2. The van der Waals surface area contributed by atoms with Crippen molar-refractivity contribution in [3.8, 4) is 22.9 Å². The van der Waals surface area contributed by atoms with Gasteiger partial charge in [-0.2, -0.15) is 0 Å². The highest BCUT2D eigenvalue weighted by Crippen LogP contribution is 2.20. The number of aliphatic hydroxyl groups is 1. The van der Waals surface area contributed by atoms with E-state index >= 15 is 0 Å². The maximum Gasteiger partial charge on any atom is 0.170 e. The predicted octanol–water partition coefficient (Wildman–Crippen LogP) is 6.82. The number of nitrogens with zero attached hydrogens (tertiary/aromatic N) is 4. The largest absolute Gasteiger partial charge is 0.489 e. The molecule has 222 valence electrons. The van der Waals surface area contributed by atoms with Crippen molar-refractivity contribution in [1.29, 1.82) is 0 Å². The van der Waals surface area contributed by atoms with E-state index in [2.05, 4.69) is 9.97 Å². The van der Waals surface area contributed by atoms with Gasteiger partial charge in [-0.3, -0.25) is 4.79 Å². The molecule has 0 saturated carbocycles. The van der Waals surface area contributed by atoms with Crippen LogP contribution in [-0.4, -0.2) is 30.5 Å².